The fourth-order valence-corrected chi connectivity index (χ4v) is 11.9. The second-order valence-electron chi connectivity index (χ2n) is 18.3. The van der Waals surface area contributed by atoms with Crippen LogP contribution in [0.4, 0.5) is 17.1 Å². The van der Waals surface area contributed by atoms with E-state index in [4.69, 9.17) is 0 Å². The first kappa shape index (κ1) is 42.6. The van der Waals surface area contributed by atoms with Crippen molar-refractivity contribution >= 4 is 22.6 Å². The van der Waals surface area contributed by atoms with E-state index >= 15 is 0 Å². The molecule has 0 heterocycles. The van der Waals surface area contributed by atoms with Crippen LogP contribution in [-0.4, -0.2) is 0 Å². The summed E-state index contributed by atoms with van der Waals surface area (Å²) >= 11 is 0. The van der Waals surface area contributed by atoms with E-state index in [1.54, 1.807) is 0 Å². The molecule has 2 aliphatic carbocycles. The van der Waals surface area contributed by atoms with Gasteiger partial charge in [-0.3, -0.25) is 0 Å². The molecule has 332 valence electrons. The highest BCUT2D eigenvalue weighted by molar-refractivity contribution is 5.95. The quantitative estimate of drug-likeness (QED) is 0.125. The van der Waals surface area contributed by atoms with Crippen LogP contribution in [0.5, 0.6) is 0 Å². The smallest absolute Gasteiger partial charge is 0.0714 e. The number of hydrogen-bond donors (Lipinski definition) is 0. The normalized spacial score (nSPS) is 14.0. The van der Waals surface area contributed by atoms with Gasteiger partial charge in [-0.05, 0) is 132 Å². The Balaban J connectivity index is 1.10. The van der Waals surface area contributed by atoms with Crippen LogP contribution >= 0.6 is 0 Å². The summed E-state index contributed by atoms with van der Waals surface area (Å²) in [6.45, 7) is 6.56. The fraction of sp³-hybridized carbons (Fsp3) is 0.0435. The van der Waals surface area contributed by atoms with Crippen molar-refractivity contribution in [2.24, 2.45) is 0 Å². The first-order chi connectivity index (χ1) is 34.7. The van der Waals surface area contributed by atoms with Gasteiger partial charge < -0.3 is 4.90 Å². The summed E-state index contributed by atoms with van der Waals surface area (Å²) in [5, 5.41) is 0. The van der Waals surface area contributed by atoms with Crippen molar-refractivity contribution in [3.63, 3.8) is 0 Å². The Morgan fingerprint density at radius 3 is 1.31 bits per heavy atom. The summed E-state index contributed by atoms with van der Waals surface area (Å²) in [7, 11) is 0. The summed E-state index contributed by atoms with van der Waals surface area (Å²) < 4.78 is 0. The third-order valence-corrected chi connectivity index (χ3v) is 14.7. The van der Waals surface area contributed by atoms with Gasteiger partial charge in [-0.15, -0.1) is 0 Å². The minimum Gasteiger partial charge on any atom is -0.310 e. The molecular formula is C69H51N. The van der Waals surface area contributed by atoms with Gasteiger partial charge in [0.05, 0.1) is 10.8 Å². The molecule has 2 aliphatic rings. The maximum Gasteiger partial charge on any atom is 0.0714 e. The maximum absolute atomic E-state index is 4.44. The first-order valence-electron chi connectivity index (χ1n) is 24.3. The minimum absolute atomic E-state index is 0.500. The summed E-state index contributed by atoms with van der Waals surface area (Å²) in [5.41, 5.74) is 21.6. The molecule has 0 unspecified atom stereocenters. The largest absolute Gasteiger partial charge is 0.310 e. The molecule has 0 saturated carbocycles. The standard InChI is InChI=1S/C69H51N/c1-3-24-64-58(4-2)62-45-43-57(48-67(62)69(64,53-31-16-8-17-32-53)54-33-18-9-19-34-54)70(55-41-39-50(40-42-55)60-36-21-20-35-59(60)49-25-10-5-11-26-49)56-44-46-66-63(47-56)61-37-22-23-38-65(61)68(66,51-27-12-6-13-28-51)52-29-14-7-15-30-52/h3-48H,2H2,1H3/b24-3-. The van der Waals surface area contributed by atoms with E-state index in [0.29, 0.717) is 0 Å². The molecular weight excluding hydrogens is 843 g/mol. The van der Waals surface area contributed by atoms with E-state index in [9.17, 15) is 0 Å². The van der Waals surface area contributed by atoms with Gasteiger partial charge in [0, 0.05) is 17.1 Å². The van der Waals surface area contributed by atoms with Crippen molar-refractivity contribution in [3.05, 3.63) is 336 Å². The van der Waals surface area contributed by atoms with Gasteiger partial charge in [-0.1, -0.05) is 249 Å². The molecule has 10 aromatic rings. The van der Waals surface area contributed by atoms with E-state index in [1.807, 2.05) is 0 Å². The molecule has 0 bridgehead atoms. The summed E-state index contributed by atoms with van der Waals surface area (Å²) in [6.07, 6.45) is 6.52. The second-order valence-corrected chi connectivity index (χ2v) is 18.3. The van der Waals surface area contributed by atoms with Crippen molar-refractivity contribution in [1.29, 1.82) is 0 Å². The summed E-state index contributed by atoms with van der Waals surface area (Å²) in [5.74, 6) is 0. The topological polar surface area (TPSA) is 3.24 Å². The second kappa shape index (κ2) is 17.7. The molecule has 0 N–H and O–H groups in total. The van der Waals surface area contributed by atoms with Crippen LogP contribution in [0.2, 0.25) is 0 Å². The third kappa shape index (κ3) is 6.61. The lowest BCUT2D eigenvalue weighted by Gasteiger charge is -2.36. The lowest BCUT2D eigenvalue weighted by molar-refractivity contribution is 0.761. The van der Waals surface area contributed by atoms with Crippen LogP contribution in [0.3, 0.4) is 0 Å². The number of rotatable bonds is 11. The minimum atomic E-state index is -0.609. The molecule has 0 atom stereocenters. The van der Waals surface area contributed by atoms with Crippen molar-refractivity contribution < 1.29 is 0 Å². The van der Waals surface area contributed by atoms with E-state index in [0.717, 1.165) is 22.6 Å². The average Bonchev–Trinajstić information content (AvgIpc) is 3.89. The Kier molecular flexibility index (Phi) is 10.8. The van der Waals surface area contributed by atoms with Crippen molar-refractivity contribution in [1.82, 2.24) is 0 Å². The predicted molar refractivity (Wildman–Crippen MR) is 294 cm³/mol. The highest BCUT2D eigenvalue weighted by Crippen LogP contribution is 2.59. The average molecular weight is 894 g/mol. The number of fused-ring (bicyclic) bond motifs is 4. The van der Waals surface area contributed by atoms with E-state index in [1.165, 1.54) is 83.5 Å². The van der Waals surface area contributed by atoms with Crippen LogP contribution in [0.15, 0.2) is 291 Å². The maximum atomic E-state index is 4.44. The Labute approximate surface area is 412 Å². The molecule has 12 rings (SSSR count). The molecule has 1 heteroatoms. The van der Waals surface area contributed by atoms with Gasteiger partial charge in [0.1, 0.15) is 0 Å². The molecule has 1 nitrogen and oxygen atoms in total. The fourth-order valence-electron chi connectivity index (χ4n) is 11.9. The number of benzene rings is 10. The lowest BCUT2D eigenvalue weighted by Crippen LogP contribution is -2.29. The van der Waals surface area contributed by atoms with E-state index in [-0.39, 0.29) is 0 Å². The predicted octanol–water partition coefficient (Wildman–Crippen LogP) is 17.7. The summed E-state index contributed by atoms with van der Waals surface area (Å²) in [6, 6.07) is 96.0. The van der Waals surface area contributed by atoms with Crippen LogP contribution in [0.1, 0.15) is 51.4 Å². The van der Waals surface area contributed by atoms with E-state index < -0.39 is 10.8 Å². The Hall–Kier alpha value is -8.78. The van der Waals surface area contributed by atoms with Crippen LogP contribution in [0, 0.1) is 0 Å². The lowest BCUT2D eigenvalue weighted by atomic mass is 9.66. The molecule has 0 aliphatic heterocycles. The molecule has 70 heavy (non-hydrogen) atoms. The molecule has 0 amide bonds. The number of allylic oxidation sites excluding steroid dienone is 5. The van der Waals surface area contributed by atoms with Crippen molar-refractivity contribution in [2.75, 3.05) is 4.90 Å². The van der Waals surface area contributed by atoms with Crippen LogP contribution in [0.25, 0.3) is 39.0 Å². The monoisotopic (exact) mass is 893 g/mol. The van der Waals surface area contributed by atoms with Crippen LogP contribution < -0.4 is 4.90 Å². The molecule has 0 aromatic heterocycles. The van der Waals surface area contributed by atoms with Gasteiger partial charge >= 0.3 is 0 Å². The highest BCUT2D eigenvalue weighted by Gasteiger charge is 2.48. The Morgan fingerprint density at radius 2 is 0.771 bits per heavy atom. The van der Waals surface area contributed by atoms with Crippen LogP contribution in [-0.2, 0) is 10.8 Å². The Morgan fingerprint density at radius 1 is 0.343 bits per heavy atom. The highest BCUT2D eigenvalue weighted by atomic mass is 15.1. The third-order valence-electron chi connectivity index (χ3n) is 14.7. The van der Waals surface area contributed by atoms with Gasteiger partial charge in [0.2, 0.25) is 0 Å². The van der Waals surface area contributed by atoms with Gasteiger partial charge in [-0.25, -0.2) is 0 Å². The number of anilines is 3. The van der Waals surface area contributed by atoms with Gasteiger partial charge in [0.15, 0.2) is 0 Å². The molecule has 10 aromatic carbocycles. The Bertz CT molecular complexity index is 3510. The molecule has 0 fully saturated rings. The van der Waals surface area contributed by atoms with Crippen molar-refractivity contribution in [3.8, 4) is 33.4 Å². The zero-order valence-corrected chi connectivity index (χ0v) is 39.2. The van der Waals surface area contributed by atoms with Crippen molar-refractivity contribution in [2.45, 2.75) is 17.8 Å². The number of nitrogens with zero attached hydrogens (tertiary/aromatic N) is 1. The zero-order valence-electron chi connectivity index (χ0n) is 39.2. The SMILES string of the molecule is C=CC1=C(/C=C\C)C(c2ccccc2)(c2ccccc2)c2cc(N(c3ccc(-c4ccccc4-c4ccccc4)cc3)c3ccc4c(c3)-c3ccccc3C4(c3ccccc3)c3ccccc3)ccc21. The number of hydrogen-bond acceptors (Lipinski definition) is 1. The summed E-state index contributed by atoms with van der Waals surface area (Å²) in [4.78, 5) is 2.46. The molecule has 0 spiro atoms. The molecule has 0 saturated heterocycles. The molecule has 0 radical (unpaired) electrons. The van der Waals surface area contributed by atoms with Gasteiger partial charge in [0.25, 0.3) is 0 Å². The van der Waals surface area contributed by atoms with E-state index in [2.05, 4.69) is 297 Å². The van der Waals surface area contributed by atoms with Gasteiger partial charge in [-0.2, -0.15) is 0 Å². The zero-order chi connectivity index (χ0) is 47.1. The first-order valence-corrected chi connectivity index (χ1v) is 24.3.